The maximum Gasteiger partial charge on any atom is 0.408 e. The Balaban J connectivity index is 2.48. The van der Waals surface area contributed by atoms with E-state index < -0.39 is 23.7 Å². The molecule has 21 heavy (non-hydrogen) atoms. The van der Waals surface area contributed by atoms with Crippen molar-refractivity contribution in [2.45, 2.75) is 39.0 Å². The maximum absolute atomic E-state index is 11.9. The van der Waals surface area contributed by atoms with Crippen LogP contribution >= 0.6 is 12.6 Å². The van der Waals surface area contributed by atoms with E-state index in [1.165, 1.54) is 0 Å². The summed E-state index contributed by atoms with van der Waals surface area (Å²) >= 11 is 4.05. The molecule has 0 aromatic heterocycles. The summed E-state index contributed by atoms with van der Waals surface area (Å²) in [4.78, 5) is 23.5. The molecule has 1 aromatic rings. The van der Waals surface area contributed by atoms with E-state index in [0.717, 1.165) is 5.56 Å². The summed E-state index contributed by atoms with van der Waals surface area (Å²) in [6, 6.07) is 8.46. The van der Waals surface area contributed by atoms with Gasteiger partial charge in [-0.2, -0.15) is 12.6 Å². The molecule has 5 nitrogen and oxygen atoms in total. The maximum atomic E-state index is 11.9. The fourth-order valence-electron chi connectivity index (χ4n) is 1.46. The molecule has 0 saturated heterocycles. The molecule has 1 atom stereocenters. The highest BCUT2D eigenvalue weighted by molar-refractivity contribution is 7.80. The average molecular weight is 311 g/mol. The largest absolute Gasteiger partial charge is 0.459 e. The number of alkyl carbamates (subject to hydrolysis) is 1. The third-order valence-electron chi connectivity index (χ3n) is 2.38. The Kier molecular flexibility index (Phi) is 6.55. The number of nitrogens with one attached hydrogen (secondary N) is 1. The topological polar surface area (TPSA) is 64.6 Å². The summed E-state index contributed by atoms with van der Waals surface area (Å²) in [6.45, 7) is 5.39. The predicted octanol–water partition coefficient (Wildman–Crippen LogP) is 2.55. The van der Waals surface area contributed by atoms with E-state index in [1.807, 2.05) is 30.3 Å². The van der Waals surface area contributed by atoms with Gasteiger partial charge in [-0.15, -0.1) is 0 Å². The third-order valence-corrected chi connectivity index (χ3v) is 2.75. The Morgan fingerprint density at radius 2 is 1.86 bits per heavy atom. The lowest BCUT2D eigenvalue weighted by molar-refractivity contribution is -0.146. The minimum absolute atomic E-state index is 0.132. The molecule has 0 aliphatic heterocycles. The number of rotatable bonds is 5. The molecular weight excluding hydrogens is 290 g/mol. The number of thiol groups is 1. The number of hydrogen-bond acceptors (Lipinski definition) is 5. The Bertz CT molecular complexity index is 470. The van der Waals surface area contributed by atoms with Crippen LogP contribution in [0.5, 0.6) is 0 Å². The minimum atomic E-state index is -0.841. The summed E-state index contributed by atoms with van der Waals surface area (Å²) in [7, 11) is 0. The quantitative estimate of drug-likeness (QED) is 0.648. The third kappa shape index (κ3) is 7.04. The summed E-state index contributed by atoms with van der Waals surface area (Å²) < 4.78 is 10.2. The van der Waals surface area contributed by atoms with Crippen LogP contribution in [-0.4, -0.2) is 29.5 Å². The first-order chi connectivity index (χ1) is 9.81. The Labute approximate surface area is 130 Å². The minimum Gasteiger partial charge on any atom is -0.459 e. The van der Waals surface area contributed by atoms with Crippen molar-refractivity contribution in [2.24, 2.45) is 0 Å². The molecule has 0 fully saturated rings. The van der Waals surface area contributed by atoms with Gasteiger partial charge in [-0.1, -0.05) is 30.3 Å². The molecule has 0 radical (unpaired) electrons. The zero-order valence-corrected chi connectivity index (χ0v) is 13.4. The molecule has 1 amide bonds. The second-order valence-corrected chi connectivity index (χ2v) is 5.84. The van der Waals surface area contributed by atoms with Gasteiger partial charge in [-0.25, -0.2) is 9.59 Å². The van der Waals surface area contributed by atoms with Gasteiger partial charge in [0.05, 0.1) is 0 Å². The summed E-state index contributed by atoms with van der Waals surface area (Å²) in [6.07, 6.45) is -0.668. The van der Waals surface area contributed by atoms with Gasteiger partial charge in [-0.05, 0) is 26.3 Å². The van der Waals surface area contributed by atoms with Gasteiger partial charge in [0, 0.05) is 5.75 Å². The standard InChI is InChI=1S/C15H21NO4S/c1-15(2,3)20-14(18)16-12(10-21)13(17)19-9-11-7-5-4-6-8-11/h4-8,12,21H,9-10H2,1-3H3,(H,16,18)/t12-/m1/s1. The average Bonchev–Trinajstić information content (AvgIpc) is 2.41. The first-order valence-corrected chi connectivity index (χ1v) is 7.26. The number of carbonyl (C=O) groups is 2. The van der Waals surface area contributed by atoms with E-state index in [9.17, 15) is 9.59 Å². The molecule has 0 bridgehead atoms. The van der Waals surface area contributed by atoms with Gasteiger partial charge in [0.25, 0.3) is 0 Å². The number of esters is 1. The molecule has 0 unspecified atom stereocenters. The summed E-state index contributed by atoms with van der Waals surface area (Å²) in [5.41, 5.74) is 0.250. The van der Waals surface area contributed by atoms with E-state index in [2.05, 4.69) is 17.9 Å². The highest BCUT2D eigenvalue weighted by Gasteiger charge is 2.24. The molecule has 6 heteroatoms. The van der Waals surface area contributed by atoms with E-state index in [1.54, 1.807) is 20.8 Å². The van der Waals surface area contributed by atoms with Gasteiger partial charge in [0.1, 0.15) is 18.2 Å². The molecular formula is C15H21NO4S. The van der Waals surface area contributed by atoms with Crippen molar-refractivity contribution >= 4 is 24.7 Å². The van der Waals surface area contributed by atoms with Crippen molar-refractivity contribution in [1.82, 2.24) is 5.32 Å². The van der Waals surface area contributed by atoms with Gasteiger partial charge in [0.15, 0.2) is 0 Å². The second-order valence-electron chi connectivity index (χ2n) is 5.47. The van der Waals surface area contributed by atoms with Crippen LogP contribution in [0, 0.1) is 0 Å². The van der Waals surface area contributed by atoms with Gasteiger partial charge in [0.2, 0.25) is 0 Å². The molecule has 1 rings (SSSR count). The van der Waals surface area contributed by atoms with Crippen molar-refractivity contribution in [3.05, 3.63) is 35.9 Å². The molecule has 0 aliphatic rings. The van der Waals surface area contributed by atoms with Gasteiger partial charge in [-0.3, -0.25) is 0 Å². The molecule has 0 heterocycles. The fourth-order valence-corrected chi connectivity index (χ4v) is 1.70. The smallest absolute Gasteiger partial charge is 0.408 e. The monoisotopic (exact) mass is 311 g/mol. The molecule has 0 saturated carbocycles. The van der Waals surface area contributed by atoms with E-state index in [0.29, 0.717) is 0 Å². The SMILES string of the molecule is CC(C)(C)OC(=O)N[C@H](CS)C(=O)OCc1ccccc1. The highest BCUT2D eigenvalue weighted by Crippen LogP contribution is 2.08. The first kappa shape index (κ1) is 17.4. The molecule has 116 valence electrons. The van der Waals surface area contributed by atoms with Crippen molar-refractivity contribution in [3.8, 4) is 0 Å². The lowest BCUT2D eigenvalue weighted by Gasteiger charge is -2.22. The lowest BCUT2D eigenvalue weighted by atomic mass is 10.2. The molecule has 1 aromatic carbocycles. The zero-order chi connectivity index (χ0) is 15.9. The van der Waals surface area contributed by atoms with Crippen LogP contribution in [0.25, 0.3) is 0 Å². The van der Waals surface area contributed by atoms with Crippen molar-refractivity contribution < 1.29 is 19.1 Å². The number of amides is 1. The van der Waals surface area contributed by atoms with E-state index >= 15 is 0 Å². The van der Waals surface area contributed by atoms with Crippen LogP contribution in [0.3, 0.4) is 0 Å². The highest BCUT2D eigenvalue weighted by atomic mass is 32.1. The van der Waals surface area contributed by atoms with Crippen LogP contribution in [0.2, 0.25) is 0 Å². The second kappa shape index (κ2) is 7.93. The Morgan fingerprint density at radius 1 is 1.24 bits per heavy atom. The van der Waals surface area contributed by atoms with Crippen LogP contribution < -0.4 is 5.32 Å². The van der Waals surface area contributed by atoms with E-state index in [-0.39, 0.29) is 12.4 Å². The number of benzene rings is 1. The van der Waals surface area contributed by atoms with Crippen molar-refractivity contribution in [2.75, 3.05) is 5.75 Å². The van der Waals surface area contributed by atoms with Crippen LogP contribution in [-0.2, 0) is 20.9 Å². The lowest BCUT2D eigenvalue weighted by Crippen LogP contribution is -2.45. The summed E-state index contributed by atoms with van der Waals surface area (Å²) in [5.74, 6) is -0.410. The summed E-state index contributed by atoms with van der Waals surface area (Å²) in [5, 5.41) is 2.45. The fraction of sp³-hybridized carbons (Fsp3) is 0.467. The predicted molar refractivity (Wildman–Crippen MR) is 83.2 cm³/mol. The molecule has 1 N–H and O–H groups in total. The normalized spacial score (nSPS) is 12.4. The Hall–Kier alpha value is -1.69. The van der Waals surface area contributed by atoms with Crippen molar-refractivity contribution in [3.63, 3.8) is 0 Å². The number of hydrogen-bond donors (Lipinski definition) is 2. The van der Waals surface area contributed by atoms with Crippen LogP contribution in [0.1, 0.15) is 26.3 Å². The first-order valence-electron chi connectivity index (χ1n) is 6.63. The number of carbonyl (C=O) groups excluding carboxylic acids is 2. The van der Waals surface area contributed by atoms with Gasteiger partial charge < -0.3 is 14.8 Å². The van der Waals surface area contributed by atoms with Crippen LogP contribution in [0.4, 0.5) is 4.79 Å². The van der Waals surface area contributed by atoms with Gasteiger partial charge >= 0.3 is 12.1 Å². The van der Waals surface area contributed by atoms with E-state index in [4.69, 9.17) is 9.47 Å². The molecule has 0 aliphatic carbocycles. The number of ether oxygens (including phenoxy) is 2. The Morgan fingerprint density at radius 3 is 2.38 bits per heavy atom. The van der Waals surface area contributed by atoms with Crippen LogP contribution in [0.15, 0.2) is 30.3 Å². The molecule has 0 spiro atoms. The zero-order valence-electron chi connectivity index (χ0n) is 12.5. The van der Waals surface area contributed by atoms with Crippen molar-refractivity contribution in [1.29, 1.82) is 0 Å².